The van der Waals surface area contributed by atoms with Crippen LogP contribution >= 0.6 is 27.3 Å². The Morgan fingerprint density at radius 3 is 2.52 bits per heavy atom. The number of rotatable bonds is 6. The molecule has 0 saturated carbocycles. The zero-order valence-electron chi connectivity index (χ0n) is 12.2. The van der Waals surface area contributed by atoms with E-state index in [1.165, 1.54) is 17.7 Å². The van der Waals surface area contributed by atoms with E-state index in [0.717, 1.165) is 22.3 Å². The predicted molar refractivity (Wildman–Crippen MR) is 90.9 cm³/mol. The minimum Gasteiger partial charge on any atom is -0.326 e. The average Bonchev–Trinajstić information content (AvgIpc) is 2.86. The van der Waals surface area contributed by atoms with E-state index in [1.807, 2.05) is 12.1 Å². The fourth-order valence-corrected chi connectivity index (χ4v) is 3.73. The maximum atomic E-state index is 13.1. The first-order chi connectivity index (χ1) is 10.0. The van der Waals surface area contributed by atoms with Crippen LogP contribution in [0.25, 0.3) is 0 Å². The molecule has 0 saturated heterocycles. The molecule has 0 radical (unpaired) electrons. The Hall–Kier alpha value is -0.750. The number of likely N-dealkylation sites (N-methyl/N-ethyl adjacent to an activating group) is 1. The molecular weight excluding hydrogens is 351 g/mol. The molecule has 0 fully saturated rings. The Morgan fingerprint density at radius 2 is 2.00 bits per heavy atom. The Balaban J connectivity index is 2.20. The maximum absolute atomic E-state index is 13.1. The minimum atomic E-state index is -0.216. The van der Waals surface area contributed by atoms with Crippen molar-refractivity contribution in [3.63, 3.8) is 0 Å². The molecule has 21 heavy (non-hydrogen) atoms. The van der Waals surface area contributed by atoms with Crippen LogP contribution in [0.3, 0.4) is 0 Å². The van der Waals surface area contributed by atoms with E-state index in [-0.39, 0.29) is 17.9 Å². The van der Waals surface area contributed by atoms with Crippen LogP contribution in [0.4, 0.5) is 4.39 Å². The lowest BCUT2D eigenvalue weighted by Crippen LogP contribution is -2.38. The Morgan fingerprint density at radius 1 is 1.33 bits per heavy atom. The van der Waals surface area contributed by atoms with Crippen LogP contribution in [0.5, 0.6) is 0 Å². The zero-order valence-corrected chi connectivity index (χ0v) is 14.6. The molecule has 114 valence electrons. The first kappa shape index (κ1) is 16.6. The Kier molecular flexibility index (Phi) is 5.93. The fraction of sp³-hybridized carbons (Fsp3) is 0.375. The number of nitrogens with zero attached hydrogens (tertiary/aromatic N) is 1. The second-order valence-corrected chi connectivity index (χ2v) is 7.53. The lowest BCUT2D eigenvalue weighted by atomic mass is 9.96. The van der Waals surface area contributed by atoms with Crippen LogP contribution in [0, 0.1) is 5.82 Å². The third-order valence-electron chi connectivity index (χ3n) is 3.62. The van der Waals surface area contributed by atoms with Crippen molar-refractivity contribution in [2.45, 2.75) is 32.0 Å². The molecule has 2 rings (SSSR count). The van der Waals surface area contributed by atoms with Gasteiger partial charge in [-0.25, -0.2) is 4.39 Å². The van der Waals surface area contributed by atoms with Gasteiger partial charge in [0.15, 0.2) is 0 Å². The van der Waals surface area contributed by atoms with Gasteiger partial charge in [-0.05, 0) is 64.1 Å². The van der Waals surface area contributed by atoms with Gasteiger partial charge in [-0.3, -0.25) is 4.90 Å². The van der Waals surface area contributed by atoms with Gasteiger partial charge in [-0.1, -0.05) is 19.1 Å². The number of thiophene rings is 1. The first-order valence-electron chi connectivity index (χ1n) is 6.95. The van der Waals surface area contributed by atoms with E-state index < -0.39 is 0 Å². The highest BCUT2D eigenvalue weighted by atomic mass is 79.9. The molecule has 0 aliphatic rings. The van der Waals surface area contributed by atoms with Crippen molar-refractivity contribution in [1.29, 1.82) is 0 Å². The number of hydrogen-bond acceptors (Lipinski definition) is 3. The summed E-state index contributed by atoms with van der Waals surface area (Å²) in [5.74, 6) is -0.216. The van der Waals surface area contributed by atoms with Crippen LogP contribution in [0.15, 0.2) is 39.5 Å². The summed E-state index contributed by atoms with van der Waals surface area (Å²) in [5, 5.41) is 2.14. The molecule has 1 aromatic carbocycles. The fourth-order valence-electron chi connectivity index (χ4n) is 2.53. The van der Waals surface area contributed by atoms with Crippen molar-refractivity contribution in [1.82, 2.24) is 4.90 Å². The van der Waals surface area contributed by atoms with Gasteiger partial charge in [0.25, 0.3) is 0 Å². The molecule has 0 bridgehead atoms. The maximum Gasteiger partial charge on any atom is 0.123 e. The number of benzene rings is 1. The Labute approximate surface area is 137 Å². The van der Waals surface area contributed by atoms with Gasteiger partial charge in [0, 0.05) is 18.6 Å². The molecule has 2 atom stereocenters. The third-order valence-corrected chi connectivity index (χ3v) is 5.17. The van der Waals surface area contributed by atoms with Crippen molar-refractivity contribution < 1.29 is 4.39 Å². The molecular formula is C16H20BrFN2S. The standard InChI is InChI=1S/C16H20BrFN2S/c1-3-14(19)16(12-4-6-13(18)7-5-12)20(2)9-11-8-15(17)21-10-11/h4-8,10,14,16H,3,9,19H2,1-2H3. The van der Waals surface area contributed by atoms with E-state index in [4.69, 9.17) is 5.73 Å². The average molecular weight is 371 g/mol. The minimum absolute atomic E-state index is 0.0162. The van der Waals surface area contributed by atoms with Gasteiger partial charge in [0.1, 0.15) is 5.82 Å². The third kappa shape index (κ3) is 4.36. The molecule has 0 aliphatic heterocycles. The summed E-state index contributed by atoms with van der Waals surface area (Å²) in [7, 11) is 2.06. The quantitative estimate of drug-likeness (QED) is 0.807. The highest BCUT2D eigenvalue weighted by Crippen LogP contribution is 2.28. The van der Waals surface area contributed by atoms with E-state index in [2.05, 4.69) is 46.2 Å². The summed E-state index contributed by atoms with van der Waals surface area (Å²) >= 11 is 5.17. The lowest BCUT2D eigenvalue weighted by molar-refractivity contribution is 0.202. The highest BCUT2D eigenvalue weighted by Gasteiger charge is 2.23. The lowest BCUT2D eigenvalue weighted by Gasteiger charge is -2.32. The molecule has 1 aromatic heterocycles. The van der Waals surface area contributed by atoms with Crippen LogP contribution in [-0.4, -0.2) is 18.0 Å². The van der Waals surface area contributed by atoms with Gasteiger partial charge >= 0.3 is 0 Å². The molecule has 0 amide bonds. The summed E-state index contributed by atoms with van der Waals surface area (Å²) < 4.78 is 14.3. The molecule has 2 aromatic rings. The van der Waals surface area contributed by atoms with Crippen molar-refractivity contribution in [2.75, 3.05) is 7.05 Å². The molecule has 2 unspecified atom stereocenters. The summed E-state index contributed by atoms with van der Waals surface area (Å²) in [6.07, 6.45) is 0.875. The molecule has 1 heterocycles. The second kappa shape index (κ2) is 7.49. The summed E-state index contributed by atoms with van der Waals surface area (Å²) in [6.45, 7) is 2.90. The van der Waals surface area contributed by atoms with Crippen LogP contribution < -0.4 is 5.73 Å². The van der Waals surface area contributed by atoms with Crippen molar-refractivity contribution in [3.8, 4) is 0 Å². The summed E-state index contributed by atoms with van der Waals surface area (Å²) in [4.78, 5) is 2.23. The number of nitrogens with two attached hydrogens (primary N) is 1. The number of halogens is 2. The smallest absolute Gasteiger partial charge is 0.123 e. The van der Waals surface area contributed by atoms with E-state index >= 15 is 0 Å². The van der Waals surface area contributed by atoms with Crippen LogP contribution in [0.1, 0.15) is 30.5 Å². The topological polar surface area (TPSA) is 29.3 Å². The van der Waals surface area contributed by atoms with Crippen LogP contribution in [0.2, 0.25) is 0 Å². The molecule has 0 spiro atoms. The van der Waals surface area contributed by atoms with Crippen LogP contribution in [-0.2, 0) is 6.54 Å². The largest absolute Gasteiger partial charge is 0.326 e. The number of hydrogen-bond donors (Lipinski definition) is 1. The normalized spacial score (nSPS) is 14.4. The van der Waals surface area contributed by atoms with Gasteiger partial charge < -0.3 is 5.73 Å². The summed E-state index contributed by atoms with van der Waals surface area (Å²) in [6, 6.07) is 8.88. The predicted octanol–water partition coefficient (Wildman–Crippen LogP) is 4.56. The second-order valence-electron chi connectivity index (χ2n) is 5.24. The SMILES string of the molecule is CCC(N)C(c1ccc(F)cc1)N(C)Cc1csc(Br)c1. The van der Waals surface area contributed by atoms with Gasteiger partial charge in [0.05, 0.1) is 3.79 Å². The van der Waals surface area contributed by atoms with Gasteiger partial charge in [-0.15, -0.1) is 11.3 Å². The monoisotopic (exact) mass is 370 g/mol. The van der Waals surface area contributed by atoms with E-state index in [1.54, 1.807) is 11.3 Å². The first-order valence-corrected chi connectivity index (χ1v) is 8.62. The molecule has 0 aliphatic carbocycles. The van der Waals surface area contributed by atoms with Gasteiger partial charge in [-0.2, -0.15) is 0 Å². The van der Waals surface area contributed by atoms with E-state index in [0.29, 0.717) is 0 Å². The van der Waals surface area contributed by atoms with E-state index in [9.17, 15) is 4.39 Å². The van der Waals surface area contributed by atoms with Crippen molar-refractivity contribution in [2.24, 2.45) is 5.73 Å². The molecule has 5 heteroatoms. The van der Waals surface area contributed by atoms with Gasteiger partial charge in [0.2, 0.25) is 0 Å². The van der Waals surface area contributed by atoms with Crippen molar-refractivity contribution in [3.05, 3.63) is 56.4 Å². The zero-order chi connectivity index (χ0) is 15.4. The Bertz CT molecular complexity index is 570. The highest BCUT2D eigenvalue weighted by molar-refractivity contribution is 9.11. The molecule has 2 N–H and O–H groups in total. The molecule has 2 nitrogen and oxygen atoms in total. The summed E-state index contributed by atoms with van der Waals surface area (Å²) in [5.41, 5.74) is 8.62. The van der Waals surface area contributed by atoms with Crippen molar-refractivity contribution >= 4 is 27.3 Å².